The summed E-state index contributed by atoms with van der Waals surface area (Å²) in [4.78, 5) is 14.6. The molecule has 0 spiro atoms. The predicted molar refractivity (Wildman–Crippen MR) is 91.3 cm³/mol. The Morgan fingerprint density at radius 2 is 2.04 bits per heavy atom. The van der Waals surface area contributed by atoms with Crippen molar-refractivity contribution in [2.24, 2.45) is 0 Å². The standard InChI is InChI=1S/C16H23ClN2O3S/c1-4-13-7-5-6-10-19(13)16(20)12-8-9-14(17)15(11-12)23(21,22)18(2)3/h8-9,11,13H,4-7,10H2,1-3H3. The van der Waals surface area contributed by atoms with E-state index in [0.29, 0.717) is 5.56 Å². The van der Waals surface area contributed by atoms with E-state index in [0.717, 1.165) is 36.5 Å². The van der Waals surface area contributed by atoms with E-state index in [9.17, 15) is 13.2 Å². The zero-order valence-corrected chi connectivity index (χ0v) is 15.3. The first-order valence-electron chi connectivity index (χ1n) is 7.82. The summed E-state index contributed by atoms with van der Waals surface area (Å²) in [5.41, 5.74) is 0.371. The SMILES string of the molecule is CCC1CCCCN1C(=O)c1ccc(Cl)c(S(=O)(=O)N(C)C)c1. The average molecular weight is 359 g/mol. The molecule has 2 rings (SSSR count). The van der Waals surface area contributed by atoms with Crippen molar-refractivity contribution in [3.63, 3.8) is 0 Å². The first-order chi connectivity index (χ1) is 10.8. The van der Waals surface area contributed by atoms with Crippen molar-refractivity contribution in [2.45, 2.75) is 43.5 Å². The summed E-state index contributed by atoms with van der Waals surface area (Å²) in [6.07, 6.45) is 4.02. The second kappa shape index (κ2) is 7.20. The lowest BCUT2D eigenvalue weighted by Gasteiger charge is -2.35. The number of carbonyl (C=O) groups is 1. The molecule has 5 nitrogen and oxygen atoms in total. The Kier molecular flexibility index (Phi) is 5.70. The van der Waals surface area contributed by atoms with Gasteiger partial charge in [-0.3, -0.25) is 4.79 Å². The maximum Gasteiger partial charge on any atom is 0.254 e. The van der Waals surface area contributed by atoms with E-state index in [-0.39, 0.29) is 21.9 Å². The lowest BCUT2D eigenvalue weighted by atomic mass is 9.99. The molecule has 1 unspecified atom stereocenters. The van der Waals surface area contributed by atoms with Gasteiger partial charge in [0.2, 0.25) is 10.0 Å². The lowest BCUT2D eigenvalue weighted by molar-refractivity contribution is 0.0608. The van der Waals surface area contributed by atoms with E-state index in [4.69, 9.17) is 11.6 Å². The number of benzene rings is 1. The third-order valence-electron chi connectivity index (χ3n) is 4.30. The van der Waals surface area contributed by atoms with Crippen molar-refractivity contribution in [1.82, 2.24) is 9.21 Å². The highest BCUT2D eigenvalue weighted by atomic mass is 35.5. The number of rotatable bonds is 4. The fourth-order valence-corrected chi connectivity index (χ4v) is 4.28. The van der Waals surface area contributed by atoms with Crippen molar-refractivity contribution in [2.75, 3.05) is 20.6 Å². The van der Waals surface area contributed by atoms with Gasteiger partial charge in [0.15, 0.2) is 0 Å². The molecule has 7 heteroatoms. The fourth-order valence-electron chi connectivity index (χ4n) is 2.89. The minimum absolute atomic E-state index is 0.0277. The van der Waals surface area contributed by atoms with Crippen molar-refractivity contribution in [3.8, 4) is 0 Å². The van der Waals surface area contributed by atoms with Crippen LogP contribution in [0.25, 0.3) is 0 Å². The number of carbonyl (C=O) groups excluding carboxylic acids is 1. The van der Waals surface area contributed by atoms with Crippen LogP contribution in [-0.4, -0.2) is 50.2 Å². The van der Waals surface area contributed by atoms with Crippen LogP contribution in [0, 0.1) is 0 Å². The minimum Gasteiger partial charge on any atom is -0.336 e. The average Bonchev–Trinajstić information content (AvgIpc) is 2.54. The maximum absolute atomic E-state index is 12.8. The largest absolute Gasteiger partial charge is 0.336 e. The van der Waals surface area contributed by atoms with Crippen LogP contribution in [-0.2, 0) is 10.0 Å². The molecule has 1 aromatic carbocycles. The van der Waals surface area contributed by atoms with E-state index < -0.39 is 10.0 Å². The number of hydrogen-bond acceptors (Lipinski definition) is 3. The summed E-state index contributed by atoms with van der Waals surface area (Å²) in [5, 5.41) is 0.126. The maximum atomic E-state index is 12.8. The van der Waals surface area contributed by atoms with Crippen LogP contribution >= 0.6 is 11.6 Å². The molecule has 1 atom stereocenters. The summed E-state index contributed by atoms with van der Waals surface area (Å²) in [7, 11) is -0.798. The number of sulfonamides is 1. The predicted octanol–water partition coefficient (Wildman–Crippen LogP) is 3.00. The van der Waals surface area contributed by atoms with E-state index in [1.54, 1.807) is 6.07 Å². The molecule has 0 aliphatic carbocycles. The topological polar surface area (TPSA) is 57.7 Å². The van der Waals surface area contributed by atoms with Gasteiger partial charge in [0, 0.05) is 32.2 Å². The zero-order valence-electron chi connectivity index (χ0n) is 13.8. The Morgan fingerprint density at radius 1 is 1.35 bits per heavy atom. The number of hydrogen-bond donors (Lipinski definition) is 0. The van der Waals surface area contributed by atoms with Crippen LogP contribution < -0.4 is 0 Å². The first kappa shape index (κ1) is 18.2. The van der Waals surface area contributed by atoms with Gasteiger partial charge >= 0.3 is 0 Å². The van der Waals surface area contributed by atoms with Crippen molar-refractivity contribution in [3.05, 3.63) is 28.8 Å². The summed E-state index contributed by atoms with van der Waals surface area (Å²) in [6, 6.07) is 4.69. The van der Waals surface area contributed by atoms with E-state index in [2.05, 4.69) is 6.92 Å². The fraction of sp³-hybridized carbons (Fsp3) is 0.562. The Hall–Kier alpha value is -1.11. The van der Waals surface area contributed by atoms with E-state index in [1.165, 1.54) is 26.2 Å². The third kappa shape index (κ3) is 3.70. The van der Waals surface area contributed by atoms with Crippen molar-refractivity contribution < 1.29 is 13.2 Å². The van der Waals surface area contributed by atoms with Gasteiger partial charge in [0.1, 0.15) is 4.90 Å². The number of amides is 1. The second-order valence-electron chi connectivity index (χ2n) is 5.99. The third-order valence-corrected chi connectivity index (χ3v) is 6.59. The molecule has 1 heterocycles. The van der Waals surface area contributed by atoms with Gasteiger partial charge in [0.05, 0.1) is 5.02 Å². The Labute approximate surface area is 143 Å². The van der Waals surface area contributed by atoms with E-state index in [1.807, 2.05) is 4.90 Å². The molecule has 1 saturated heterocycles. The van der Waals surface area contributed by atoms with Crippen molar-refractivity contribution in [1.29, 1.82) is 0 Å². The Morgan fingerprint density at radius 3 is 2.65 bits per heavy atom. The molecule has 23 heavy (non-hydrogen) atoms. The molecule has 0 radical (unpaired) electrons. The van der Waals surface area contributed by atoms with Crippen LogP contribution in [0.5, 0.6) is 0 Å². The van der Waals surface area contributed by atoms with Crippen LogP contribution in [0.2, 0.25) is 5.02 Å². The Bertz CT molecular complexity index is 689. The van der Waals surface area contributed by atoms with Gasteiger partial charge in [-0.05, 0) is 43.9 Å². The number of likely N-dealkylation sites (tertiary alicyclic amines) is 1. The summed E-state index contributed by atoms with van der Waals surface area (Å²) in [5.74, 6) is -0.122. The highest BCUT2D eigenvalue weighted by molar-refractivity contribution is 7.89. The van der Waals surface area contributed by atoms with Gasteiger partial charge in [-0.1, -0.05) is 18.5 Å². The van der Waals surface area contributed by atoms with Crippen LogP contribution in [0.1, 0.15) is 43.0 Å². The van der Waals surface area contributed by atoms with Crippen LogP contribution in [0.3, 0.4) is 0 Å². The van der Waals surface area contributed by atoms with Gasteiger partial charge in [-0.25, -0.2) is 12.7 Å². The highest BCUT2D eigenvalue weighted by Crippen LogP contribution is 2.27. The summed E-state index contributed by atoms with van der Waals surface area (Å²) in [6.45, 7) is 2.79. The molecule has 0 bridgehead atoms. The molecule has 128 valence electrons. The monoisotopic (exact) mass is 358 g/mol. The molecule has 1 aromatic rings. The number of halogens is 1. The van der Waals surface area contributed by atoms with Crippen LogP contribution in [0.15, 0.2) is 23.1 Å². The highest BCUT2D eigenvalue weighted by Gasteiger charge is 2.28. The second-order valence-corrected chi connectivity index (χ2v) is 8.52. The summed E-state index contributed by atoms with van der Waals surface area (Å²) < 4.78 is 25.8. The molecule has 1 aliphatic heterocycles. The molecular formula is C16H23ClN2O3S. The molecule has 0 aromatic heterocycles. The lowest BCUT2D eigenvalue weighted by Crippen LogP contribution is -2.43. The molecule has 0 saturated carbocycles. The molecule has 1 amide bonds. The molecular weight excluding hydrogens is 336 g/mol. The van der Waals surface area contributed by atoms with E-state index >= 15 is 0 Å². The molecule has 1 aliphatic rings. The van der Waals surface area contributed by atoms with Gasteiger partial charge in [-0.2, -0.15) is 0 Å². The number of piperidine rings is 1. The Balaban J connectivity index is 2.39. The van der Waals surface area contributed by atoms with Gasteiger partial charge in [0.25, 0.3) is 5.91 Å². The number of nitrogens with zero attached hydrogens (tertiary/aromatic N) is 2. The zero-order chi connectivity index (χ0) is 17.2. The normalized spacial score (nSPS) is 19.2. The van der Waals surface area contributed by atoms with Gasteiger partial charge < -0.3 is 4.90 Å². The van der Waals surface area contributed by atoms with Crippen molar-refractivity contribution >= 4 is 27.5 Å². The minimum atomic E-state index is -3.68. The van der Waals surface area contributed by atoms with Gasteiger partial charge in [-0.15, -0.1) is 0 Å². The first-order valence-corrected chi connectivity index (χ1v) is 9.64. The van der Waals surface area contributed by atoms with Crippen LogP contribution in [0.4, 0.5) is 0 Å². The smallest absolute Gasteiger partial charge is 0.254 e. The molecule has 1 fully saturated rings. The molecule has 0 N–H and O–H groups in total. The quantitative estimate of drug-likeness (QED) is 0.831. The summed E-state index contributed by atoms with van der Waals surface area (Å²) >= 11 is 6.04.